The lowest BCUT2D eigenvalue weighted by atomic mass is 10.0. The molecule has 0 radical (unpaired) electrons. The first-order valence-corrected chi connectivity index (χ1v) is 6.42. The first-order chi connectivity index (χ1) is 7.92. The summed E-state index contributed by atoms with van der Waals surface area (Å²) in [4.78, 5) is 14.2. The first kappa shape index (κ1) is 12.6. The molecule has 1 unspecified atom stereocenters. The quantitative estimate of drug-likeness (QED) is 0.797. The van der Waals surface area contributed by atoms with Gasteiger partial charge in [-0.15, -0.1) is 0 Å². The van der Waals surface area contributed by atoms with Crippen LogP contribution in [0.3, 0.4) is 0 Å². The molecule has 3 nitrogen and oxygen atoms in total. The maximum atomic E-state index is 12.4. The number of amides is 1. The number of hydrogen-bond acceptors (Lipinski definition) is 2. The summed E-state index contributed by atoms with van der Waals surface area (Å²) < 4.78 is 6.51. The average molecular weight is 298 g/mol. The minimum atomic E-state index is -0.246. The smallest absolute Gasteiger partial charge is 0.256 e. The molecule has 0 N–H and O–H groups in total. The van der Waals surface area contributed by atoms with Crippen LogP contribution >= 0.6 is 15.9 Å². The van der Waals surface area contributed by atoms with Crippen LogP contribution in [0, 0.1) is 0 Å². The molecule has 1 aliphatic rings. The predicted octanol–water partition coefficient (Wildman–Crippen LogP) is 3.05. The number of carbonyl (C=O) groups is 1. The Morgan fingerprint density at radius 2 is 2.00 bits per heavy atom. The second-order valence-corrected chi connectivity index (χ2v) is 5.82. The van der Waals surface area contributed by atoms with Gasteiger partial charge in [-0.25, -0.2) is 0 Å². The van der Waals surface area contributed by atoms with Crippen molar-refractivity contribution in [3.05, 3.63) is 34.3 Å². The molecule has 0 bridgehead atoms. The lowest BCUT2D eigenvalue weighted by Gasteiger charge is -2.32. The molecule has 0 spiro atoms. The van der Waals surface area contributed by atoms with Crippen molar-refractivity contribution in [1.82, 2.24) is 4.90 Å². The van der Waals surface area contributed by atoms with Gasteiger partial charge in [0.25, 0.3) is 5.91 Å². The minimum absolute atomic E-state index is 0.0208. The highest BCUT2D eigenvalue weighted by atomic mass is 79.9. The van der Waals surface area contributed by atoms with E-state index in [0.717, 1.165) is 4.47 Å². The van der Waals surface area contributed by atoms with Crippen molar-refractivity contribution in [2.24, 2.45) is 0 Å². The van der Waals surface area contributed by atoms with E-state index in [0.29, 0.717) is 12.2 Å². The second-order valence-electron chi connectivity index (χ2n) is 4.90. The third-order valence-electron chi connectivity index (χ3n) is 3.00. The van der Waals surface area contributed by atoms with Crippen LogP contribution in [-0.2, 0) is 4.74 Å². The summed E-state index contributed by atoms with van der Waals surface area (Å²) in [6, 6.07) is 7.41. The number of halogens is 1. The van der Waals surface area contributed by atoms with Gasteiger partial charge in [0.1, 0.15) is 6.23 Å². The molecule has 0 aromatic heterocycles. The van der Waals surface area contributed by atoms with Gasteiger partial charge in [0.2, 0.25) is 0 Å². The van der Waals surface area contributed by atoms with E-state index in [1.807, 2.05) is 45.0 Å². The fourth-order valence-corrected chi connectivity index (χ4v) is 2.40. The molecule has 4 heteroatoms. The fraction of sp³-hybridized carbons (Fsp3) is 0.462. The number of benzene rings is 1. The van der Waals surface area contributed by atoms with Crippen LogP contribution in [0.5, 0.6) is 0 Å². The van der Waals surface area contributed by atoms with Crippen molar-refractivity contribution in [1.29, 1.82) is 0 Å². The van der Waals surface area contributed by atoms with Crippen molar-refractivity contribution < 1.29 is 9.53 Å². The summed E-state index contributed by atoms with van der Waals surface area (Å²) in [5.41, 5.74) is 0.447. The third-order valence-corrected chi connectivity index (χ3v) is 3.53. The molecule has 1 aromatic rings. The van der Waals surface area contributed by atoms with Crippen molar-refractivity contribution in [2.75, 3.05) is 6.61 Å². The summed E-state index contributed by atoms with van der Waals surface area (Å²) in [6.07, 6.45) is -0.166. The van der Waals surface area contributed by atoms with Crippen LogP contribution in [0.4, 0.5) is 0 Å². The molecule has 1 aliphatic heterocycles. The Morgan fingerprint density at radius 1 is 1.41 bits per heavy atom. The molecule has 1 saturated heterocycles. The van der Waals surface area contributed by atoms with E-state index in [1.165, 1.54) is 0 Å². The zero-order chi connectivity index (χ0) is 12.6. The van der Waals surface area contributed by atoms with E-state index in [1.54, 1.807) is 4.90 Å². The highest BCUT2D eigenvalue weighted by Crippen LogP contribution is 2.28. The zero-order valence-electron chi connectivity index (χ0n) is 10.2. The Bertz CT molecular complexity index is 428. The van der Waals surface area contributed by atoms with Gasteiger partial charge in [0, 0.05) is 10.0 Å². The normalized spacial score (nSPS) is 22.8. The first-order valence-electron chi connectivity index (χ1n) is 5.63. The largest absolute Gasteiger partial charge is 0.356 e. The van der Waals surface area contributed by atoms with Gasteiger partial charge < -0.3 is 9.64 Å². The molecule has 92 valence electrons. The molecule has 1 heterocycles. The molecule has 0 saturated carbocycles. The topological polar surface area (TPSA) is 29.5 Å². The average Bonchev–Trinajstić information content (AvgIpc) is 2.53. The minimum Gasteiger partial charge on any atom is -0.356 e. The van der Waals surface area contributed by atoms with E-state index in [-0.39, 0.29) is 17.7 Å². The monoisotopic (exact) mass is 297 g/mol. The summed E-state index contributed by atoms with van der Waals surface area (Å²) in [5.74, 6) is 0.0208. The lowest BCUT2D eigenvalue weighted by molar-refractivity contribution is 0.0307. The molecule has 1 amide bonds. The van der Waals surface area contributed by atoms with E-state index < -0.39 is 0 Å². The molecule has 1 atom stereocenters. The Morgan fingerprint density at radius 3 is 2.47 bits per heavy atom. The van der Waals surface area contributed by atoms with Crippen molar-refractivity contribution >= 4 is 21.8 Å². The van der Waals surface area contributed by atoms with Crippen LogP contribution in [0.2, 0.25) is 0 Å². The summed E-state index contributed by atoms with van der Waals surface area (Å²) in [5, 5.41) is 0. The Hall–Kier alpha value is -0.870. The Balaban J connectivity index is 2.28. The van der Waals surface area contributed by atoms with Crippen molar-refractivity contribution in [2.45, 2.75) is 32.5 Å². The highest BCUT2D eigenvalue weighted by molar-refractivity contribution is 9.10. The second kappa shape index (κ2) is 4.42. The predicted molar refractivity (Wildman–Crippen MR) is 69.8 cm³/mol. The Labute approximate surface area is 110 Å². The van der Waals surface area contributed by atoms with Crippen molar-refractivity contribution in [3.8, 4) is 0 Å². The molecule has 17 heavy (non-hydrogen) atoms. The van der Waals surface area contributed by atoms with Crippen molar-refractivity contribution in [3.63, 3.8) is 0 Å². The van der Waals surface area contributed by atoms with Gasteiger partial charge in [-0.1, -0.05) is 15.9 Å². The SMILES string of the molecule is CC1OCC(C)(C)N1C(=O)c1ccc(Br)cc1. The zero-order valence-corrected chi connectivity index (χ0v) is 11.8. The fourth-order valence-electron chi connectivity index (χ4n) is 2.13. The van der Waals surface area contributed by atoms with Crippen LogP contribution in [-0.4, -0.2) is 29.2 Å². The Kier molecular flexibility index (Phi) is 3.27. The number of ether oxygens (including phenoxy) is 1. The van der Waals surface area contributed by atoms with Crippen LogP contribution in [0.15, 0.2) is 28.7 Å². The van der Waals surface area contributed by atoms with E-state index in [2.05, 4.69) is 15.9 Å². The number of carbonyl (C=O) groups excluding carboxylic acids is 1. The molecule has 1 fully saturated rings. The van der Waals surface area contributed by atoms with Crippen LogP contribution in [0.1, 0.15) is 31.1 Å². The highest BCUT2D eigenvalue weighted by Gasteiger charge is 2.41. The number of rotatable bonds is 1. The summed E-state index contributed by atoms with van der Waals surface area (Å²) in [7, 11) is 0. The molecule has 2 rings (SSSR count). The van der Waals surface area contributed by atoms with Gasteiger partial charge in [-0.05, 0) is 45.0 Å². The van der Waals surface area contributed by atoms with Gasteiger partial charge in [0.05, 0.1) is 12.1 Å². The standard InChI is InChI=1S/C13H16BrNO2/c1-9-15(13(2,3)8-17-9)12(16)10-4-6-11(14)7-5-10/h4-7,9H,8H2,1-3H3. The van der Waals surface area contributed by atoms with Gasteiger partial charge >= 0.3 is 0 Å². The van der Waals surface area contributed by atoms with Crippen LogP contribution in [0.25, 0.3) is 0 Å². The van der Waals surface area contributed by atoms with Crippen LogP contribution < -0.4 is 0 Å². The number of nitrogens with zero attached hydrogens (tertiary/aromatic N) is 1. The third kappa shape index (κ3) is 2.38. The van der Waals surface area contributed by atoms with E-state index in [9.17, 15) is 4.79 Å². The summed E-state index contributed by atoms with van der Waals surface area (Å²) >= 11 is 3.36. The molecular weight excluding hydrogens is 282 g/mol. The molecule has 1 aromatic carbocycles. The van der Waals surface area contributed by atoms with Gasteiger partial charge in [-0.3, -0.25) is 4.79 Å². The molecular formula is C13H16BrNO2. The van der Waals surface area contributed by atoms with Gasteiger partial charge in [0.15, 0.2) is 0 Å². The van der Waals surface area contributed by atoms with Gasteiger partial charge in [-0.2, -0.15) is 0 Å². The number of hydrogen-bond donors (Lipinski definition) is 0. The van der Waals surface area contributed by atoms with E-state index >= 15 is 0 Å². The molecule has 0 aliphatic carbocycles. The van der Waals surface area contributed by atoms with E-state index in [4.69, 9.17) is 4.74 Å². The maximum absolute atomic E-state index is 12.4. The maximum Gasteiger partial charge on any atom is 0.256 e. The summed E-state index contributed by atoms with van der Waals surface area (Å²) in [6.45, 7) is 6.53. The lowest BCUT2D eigenvalue weighted by Crippen LogP contribution is -2.47.